The molecule has 1 fully saturated rings. The lowest BCUT2D eigenvalue weighted by molar-refractivity contribution is -0.138. The van der Waals surface area contributed by atoms with Crippen LogP contribution in [0.1, 0.15) is 37.8 Å². The zero-order chi connectivity index (χ0) is 22.0. The van der Waals surface area contributed by atoms with Gasteiger partial charge in [-0.15, -0.1) is 0 Å². The van der Waals surface area contributed by atoms with Gasteiger partial charge in [0, 0.05) is 50.7 Å². The summed E-state index contributed by atoms with van der Waals surface area (Å²) < 4.78 is 27.3. The largest absolute Gasteiger partial charge is 0.356 e. The number of anilines is 2. The fourth-order valence-corrected chi connectivity index (χ4v) is 3.98. The lowest BCUT2D eigenvalue weighted by Crippen LogP contribution is -2.41. The Labute approximate surface area is 178 Å². The van der Waals surface area contributed by atoms with Gasteiger partial charge >= 0.3 is 0 Å². The topological polar surface area (TPSA) is 90.8 Å². The zero-order valence-electron chi connectivity index (χ0n) is 17.0. The van der Waals surface area contributed by atoms with Crippen molar-refractivity contribution in [1.82, 2.24) is 15.0 Å². The van der Waals surface area contributed by atoms with Crippen molar-refractivity contribution in [2.24, 2.45) is 11.0 Å². The summed E-state index contributed by atoms with van der Waals surface area (Å²) in [5.74, 6) is -0.858. The Balaban J connectivity index is 1.41. The fourth-order valence-electron chi connectivity index (χ4n) is 3.98. The minimum Gasteiger partial charge on any atom is -0.356 e. The van der Waals surface area contributed by atoms with E-state index in [0.29, 0.717) is 49.6 Å². The van der Waals surface area contributed by atoms with E-state index in [1.165, 1.54) is 30.4 Å². The first-order chi connectivity index (χ1) is 14.9. The highest BCUT2D eigenvalue weighted by molar-refractivity contribution is 5.88. The number of halogens is 2. The Kier molecular flexibility index (Phi) is 5.88. The third kappa shape index (κ3) is 4.68. The maximum absolute atomic E-state index is 13.6. The Morgan fingerprint density at radius 2 is 1.77 bits per heavy atom. The van der Waals surface area contributed by atoms with Crippen molar-refractivity contribution in [3.8, 4) is 0 Å². The van der Waals surface area contributed by atoms with E-state index in [-0.39, 0.29) is 17.7 Å². The molecule has 4 rings (SSSR count). The monoisotopic (exact) mass is 428 g/mol. The predicted molar refractivity (Wildman–Crippen MR) is 110 cm³/mol. The molecular weight excluding hydrogens is 406 g/mol. The average Bonchev–Trinajstić information content (AvgIpc) is 3.22. The molecule has 0 aliphatic carbocycles. The number of carbonyl (C=O) groups is 2. The highest BCUT2D eigenvalue weighted by Gasteiger charge is 2.35. The number of hydrazone groups is 1. The van der Waals surface area contributed by atoms with Gasteiger partial charge in [0.1, 0.15) is 29.6 Å². The van der Waals surface area contributed by atoms with E-state index in [9.17, 15) is 18.4 Å². The second-order valence-corrected chi connectivity index (χ2v) is 7.64. The Hall–Kier alpha value is -3.43. The number of hydrogen-bond donors (Lipinski definition) is 1. The van der Waals surface area contributed by atoms with Crippen LogP contribution in [0.4, 0.5) is 20.4 Å². The standard InChI is InChI=1S/C21H22F2N6O2/c1-13(30)27-19-11-20(25-12-24-19)28-6-3-14(4-7-28)21(31)29-18(2-5-26-29)15-8-16(22)10-17(23)9-15/h5,8-12,14,18H,2-4,6-7H2,1H3,(H,24,25,27,30). The van der Waals surface area contributed by atoms with Crippen LogP contribution < -0.4 is 10.2 Å². The number of nitrogens with one attached hydrogen (secondary N) is 1. The van der Waals surface area contributed by atoms with Gasteiger partial charge in [-0.05, 0) is 30.5 Å². The normalized spacial score (nSPS) is 19.0. The molecule has 1 saturated heterocycles. The van der Waals surface area contributed by atoms with E-state index in [2.05, 4.69) is 20.4 Å². The van der Waals surface area contributed by atoms with Gasteiger partial charge in [-0.2, -0.15) is 5.10 Å². The first-order valence-electron chi connectivity index (χ1n) is 10.1. The summed E-state index contributed by atoms with van der Waals surface area (Å²) in [4.78, 5) is 34.6. The van der Waals surface area contributed by atoms with Gasteiger partial charge in [-0.1, -0.05) is 0 Å². The Bertz CT molecular complexity index is 1000. The zero-order valence-corrected chi connectivity index (χ0v) is 17.0. The quantitative estimate of drug-likeness (QED) is 0.809. The van der Waals surface area contributed by atoms with Crippen molar-refractivity contribution in [2.75, 3.05) is 23.3 Å². The van der Waals surface area contributed by atoms with Crippen molar-refractivity contribution in [1.29, 1.82) is 0 Å². The molecule has 10 heteroatoms. The van der Waals surface area contributed by atoms with E-state index in [4.69, 9.17) is 0 Å². The van der Waals surface area contributed by atoms with Gasteiger partial charge in [0.15, 0.2) is 0 Å². The van der Waals surface area contributed by atoms with Crippen LogP contribution in [-0.2, 0) is 9.59 Å². The second kappa shape index (κ2) is 8.75. The summed E-state index contributed by atoms with van der Waals surface area (Å²) in [5.41, 5.74) is 0.396. The van der Waals surface area contributed by atoms with Crippen LogP contribution in [0.2, 0.25) is 0 Å². The summed E-state index contributed by atoms with van der Waals surface area (Å²) in [6, 6.07) is 4.49. The molecule has 2 aliphatic rings. The van der Waals surface area contributed by atoms with Gasteiger partial charge < -0.3 is 10.2 Å². The second-order valence-electron chi connectivity index (χ2n) is 7.64. The van der Waals surface area contributed by atoms with E-state index in [1.54, 1.807) is 12.3 Å². The van der Waals surface area contributed by atoms with Crippen molar-refractivity contribution in [2.45, 2.75) is 32.2 Å². The van der Waals surface area contributed by atoms with Gasteiger partial charge in [-0.3, -0.25) is 9.59 Å². The number of rotatable bonds is 4. The molecule has 1 atom stereocenters. The summed E-state index contributed by atoms with van der Waals surface area (Å²) >= 11 is 0. The SMILES string of the molecule is CC(=O)Nc1cc(N2CCC(C(=O)N3N=CCC3c3cc(F)cc(F)c3)CC2)ncn1. The van der Waals surface area contributed by atoms with Gasteiger partial charge in [0.2, 0.25) is 11.8 Å². The maximum Gasteiger partial charge on any atom is 0.246 e. The summed E-state index contributed by atoms with van der Waals surface area (Å²) in [5, 5.41) is 8.17. The number of carbonyl (C=O) groups excluding carboxylic acids is 2. The molecule has 8 nitrogen and oxygen atoms in total. The van der Waals surface area contributed by atoms with Gasteiger partial charge in [-0.25, -0.2) is 23.8 Å². The van der Waals surface area contributed by atoms with Crippen molar-refractivity contribution in [3.05, 3.63) is 47.8 Å². The molecular formula is C21H22F2N6O2. The number of hydrogen-bond acceptors (Lipinski definition) is 6. The molecule has 3 heterocycles. The molecule has 1 N–H and O–H groups in total. The first kappa shape index (κ1) is 20.8. The summed E-state index contributed by atoms with van der Waals surface area (Å²) in [6.45, 7) is 2.61. The molecule has 2 aliphatic heterocycles. The van der Waals surface area contributed by atoms with E-state index >= 15 is 0 Å². The Morgan fingerprint density at radius 1 is 1.06 bits per heavy atom. The Morgan fingerprint density at radius 3 is 2.45 bits per heavy atom. The van der Waals surface area contributed by atoms with E-state index in [0.717, 1.165) is 6.07 Å². The number of nitrogens with zero attached hydrogens (tertiary/aromatic N) is 5. The molecule has 2 amide bonds. The smallest absolute Gasteiger partial charge is 0.246 e. The number of amides is 2. The third-order valence-corrected chi connectivity index (χ3v) is 5.45. The van der Waals surface area contributed by atoms with Crippen molar-refractivity contribution < 1.29 is 18.4 Å². The highest BCUT2D eigenvalue weighted by atomic mass is 19.1. The van der Waals surface area contributed by atoms with Crippen LogP contribution >= 0.6 is 0 Å². The average molecular weight is 428 g/mol. The van der Waals surface area contributed by atoms with Gasteiger partial charge in [0.25, 0.3) is 0 Å². The van der Waals surface area contributed by atoms with Crippen LogP contribution in [-0.4, -0.2) is 46.1 Å². The summed E-state index contributed by atoms with van der Waals surface area (Å²) in [7, 11) is 0. The molecule has 31 heavy (non-hydrogen) atoms. The van der Waals surface area contributed by atoms with E-state index < -0.39 is 17.7 Å². The molecule has 1 aromatic carbocycles. The number of piperidine rings is 1. The van der Waals surface area contributed by atoms with Crippen LogP contribution in [0.5, 0.6) is 0 Å². The molecule has 0 spiro atoms. The molecule has 162 valence electrons. The number of benzene rings is 1. The van der Waals surface area contributed by atoms with Crippen molar-refractivity contribution in [3.63, 3.8) is 0 Å². The molecule has 0 bridgehead atoms. The van der Waals surface area contributed by atoms with Crippen LogP contribution in [0.3, 0.4) is 0 Å². The maximum atomic E-state index is 13.6. The third-order valence-electron chi connectivity index (χ3n) is 5.45. The predicted octanol–water partition coefficient (Wildman–Crippen LogP) is 2.89. The van der Waals surface area contributed by atoms with Crippen LogP contribution in [0, 0.1) is 17.6 Å². The highest BCUT2D eigenvalue weighted by Crippen LogP contribution is 2.33. The first-order valence-corrected chi connectivity index (χ1v) is 10.1. The molecule has 1 unspecified atom stereocenters. The molecule has 2 aromatic rings. The molecule has 0 radical (unpaired) electrons. The fraction of sp³-hybridized carbons (Fsp3) is 0.381. The lowest BCUT2D eigenvalue weighted by atomic mass is 9.94. The van der Waals surface area contributed by atoms with Crippen molar-refractivity contribution >= 4 is 29.7 Å². The summed E-state index contributed by atoms with van der Waals surface area (Å²) in [6.07, 6.45) is 4.59. The minimum absolute atomic E-state index is 0.148. The van der Waals surface area contributed by atoms with Gasteiger partial charge in [0.05, 0.1) is 6.04 Å². The molecule has 1 aromatic heterocycles. The minimum atomic E-state index is -0.675. The van der Waals surface area contributed by atoms with E-state index in [1.807, 2.05) is 4.90 Å². The lowest BCUT2D eigenvalue weighted by Gasteiger charge is -2.34. The van der Waals surface area contributed by atoms with Crippen LogP contribution in [0.25, 0.3) is 0 Å². The number of aromatic nitrogens is 2. The van der Waals surface area contributed by atoms with Crippen LogP contribution in [0.15, 0.2) is 35.7 Å². The molecule has 0 saturated carbocycles.